The van der Waals surface area contributed by atoms with Crippen LogP contribution >= 0.6 is 7.82 Å². The Kier molecular flexibility index (Phi) is 39.3. The predicted octanol–water partition coefficient (Wildman–Crippen LogP) is 14.0. The molecular formula is C45H91NO6P+. The van der Waals surface area contributed by atoms with Crippen LogP contribution in [0.5, 0.6) is 0 Å². The largest absolute Gasteiger partial charge is 0.474 e. The minimum atomic E-state index is -3.65. The fourth-order valence-electron chi connectivity index (χ4n) is 6.15. The van der Waals surface area contributed by atoms with Crippen molar-refractivity contribution >= 4 is 7.82 Å². The zero-order valence-electron chi connectivity index (χ0n) is 36.3. The maximum atomic E-state index is 13.1. The van der Waals surface area contributed by atoms with Crippen LogP contribution in [0.15, 0.2) is 24.3 Å². The molecule has 2 atom stereocenters. The van der Waals surface area contributed by atoms with E-state index in [0.717, 1.165) is 19.3 Å². The second-order valence-corrected chi connectivity index (χ2v) is 18.0. The maximum absolute atomic E-state index is 13.1. The normalized spacial score (nSPS) is 14.2. The van der Waals surface area contributed by atoms with Crippen LogP contribution in [-0.4, -0.2) is 78.4 Å². The first kappa shape index (κ1) is 52.5. The molecule has 0 aliphatic carbocycles. The SMILES string of the molecule is CCCCCCCC/C=C\CCCCCCCCOCC(COP(=O)(OC)OCC[N+](C)(C)C)OCCCCCCCC/C=C\CCCCCCCC. The molecule has 0 aromatic carbocycles. The van der Waals surface area contributed by atoms with Gasteiger partial charge in [0.05, 0.1) is 34.4 Å². The Balaban J connectivity index is 4.21. The van der Waals surface area contributed by atoms with Gasteiger partial charge in [-0.25, -0.2) is 4.57 Å². The summed E-state index contributed by atoms with van der Waals surface area (Å²) in [6.45, 7) is 7.44. The van der Waals surface area contributed by atoms with E-state index in [1.54, 1.807) is 0 Å². The quantitative estimate of drug-likeness (QED) is 0.0266. The smallest absolute Gasteiger partial charge is 0.379 e. The van der Waals surface area contributed by atoms with Crippen molar-refractivity contribution in [1.29, 1.82) is 0 Å². The van der Waals surface area contributed by atoms with E-state index in [2.05, 4.69) is 59.3 Å². The fraction of sp³-hybridized carbons (Fsp3) is 0.911. The summed E-state index contributed by atoms with van der Waals surface area (Å²) in [5, 5.41) is 0. The lowest BCUT2D eigenvalue weighted by atomic mass is 10.1. The number of likely N-dealkylation sites (N-methyl/N-ethyl adjacent to an activating group) is 1. The Morgan fingerprint density at radius 1 is 0.491 bits per heavy atom. The number of hydrogen-bond donors (Lipinski definition) is 0. The van der Waals surface area contributed by atoms with Crippen LogP contribution in [-0.2, 0) is 27.6 Å². The molecule has 0 aromatic rings. The second-order valence-electron chi connectivity index (χ2n) is 16.2. The number of allylic oxidation sites excluding steroid dienone is 4. The van der Waals surface area contributed by atoms with E-state index in [-0.39, 0.29) is 12.7 Å². The number of quaternary nitrogens is 1. The Hall–Kier alpha value is -0.530. The van der Waals surface area contributed by atoms with Gasteiger partial charge in [0.1, 0.15) is 19.3 Å². The van der Waals surface area contributed by atoms with Gasteiger partial charge in [-0.2, -0.15) is 0 Å². The van der Waals surface area contributed by atoms with Crippen molar-refractivity contribution in [3.8, 4) is 0 Å². The first-order chi connectivity index (χ1) is 25.8. The summed E-state index contributed by atoms with van der Waals surface area (Å²) in [6, 6.07) is 0. The topological polar surface area (TPSA) is 63.2 Å². The molecule has 0 rings (SSSR count). The minimum absolute atomic E-state index is 0.120. The van der Waals surface area contributed by atoms with Crippen molar-refractivity contribution in [3.05, 3.63) is 24.3 Å². The first-order valence-corrected chi connectivity index (χ1v) is 24.0. The van der Waals surface area contributed by atoms with Gasteiger partial charge in [-0.3, -0.25) is 13.6 Å². The van der Waals surface area contributed by atoms with Crippen LogP contribution in [0, 0.1) is 0 Å². The van der Waals surface area contributed by atoms with Gasteiger partial charge in [0.2, 0.25) is 0 Å². The molecule has 0 saturated carbocycles. The molecule has 53 heavy (non-hydrogen) atoms. The molecule has 316 valence electrons. The average Bonchev–Trinajstić information content (AvgIpc) is 3.13. The Morgan fingerprint density at radius 3 is 1.30 bits per heavy atom. The maximum Gasteiger partial charge on any atom is 0.474 e. The number of ether oxygens (including phenoxy) is 2. The number of unbranched alkanes of at least 4 members (excludes halogenated alkanes) is 24. The summed E-state index contributed by atoms with van der Waals surface area (Å²) in [4.78, 5) is 0. The van der Waals surface area contributed by atoms with Crippen molar-refractivity contribution < 1.29 is 32.1 Å². The molecule has 0 amide bonds. The zero-order valence-corrected chi connectivity index (χ0v) is 37.2. The summed E-state index contributed by atoms with van der Waals surface area (Å²) < 4.78 is 42.5. The van der Waals surface area contributed by atoms with E-state index < -0.39 is 7.82 Å². The predicted molar refractivity (Wildman–Crippen MR) is 229 cm³/mol. The molecule has 0 radical (unpaired) electrons. The van der Waals surface area contributed by atoms with Gasteiger partial charge in [-0.1, -0.05) is 154 Å². The first-order valence-electron chi connectivity index (χ1n) is 22.5. The minimum Gasteiger partial charge on any atom is -0.379 e. The third-order valence-corrected chi connectivity index (χ3v) is 11.2. The molecule has 0 aromatic heterocycles. The van der Waals surface area contributed by atoms with Crippen LogP contribution < -0.4 is 0 Å². The van der Waals surface area contributed by atoms with E-state index in [1.807, 2.05) is 0 Å². The van der Waals surface area contributed by atoms with Crippen molar-refractivity contribution in [2.75, 3.05) is 67.8 Å². The molecule has 7 nitrogen and oxygen atoms in total. The summed E-state index contributed by atoms with van der Waals surface area (Å²) in [7, 11) is 3.92. The highest BCUT2D eigenvalue weighted by Gasteiger charge is 2.28. The van der Waals surface area contributed by atoms with E-state index >= 15 is 0 Å². The number of nitrogens with zero attached hydrogens (tertiary/aromatic N) is 1. The van der Waals surface area contributed by atoms with Crippen molar-refractivity contribution in [1.82, 2.24) is 0 Å². The molecule has 0 N–H and O–H groups in total. The lowest BCUT2D eigenvalue weighted by Gasteiger charge is -2.25. The van der Waals surface area contributed by atoms with Crippen LogP contribution in [0.25, 0.3) is 0 Å². The standard InChI is InChI=1S/C45H91NO6P/c1-7-9-11-13-15-17-19-21-23-25-27-29-31-33-35-37-40-49-43-45(44-52-53(47,48-6)51-42-39-46(3,4)5)50-41-38-36-34-32-30-28-26-24-22-20-18-16-14-12-10-8-2/h21-24,45H,7-20,25-44H2,1-6H3/q+1/b23-21-,24-22-. The fourth-order valence-corrected chi connectivity index (χ4v) is 7.09. The highest BCUT2D eigenvalue weighted by atomic mass is 31.2. The molecule has 0 bridgehead atoms. The van der Waals surface area contributed by atoms with E-state index in [0.29, 0.717) is 37.5 Å². The third-order valence-electron chi connectivity index (χ3n) is 9.77. The third kappa shape index (κ3) is 40.9. The molecular weight excluding hydrogens is 681 g/mol. The van der Waals surface area contributed by atoms with Crippen molar-refractivity contribution in [2.45, 2.75) is 200 Å². The van der Waals surface area contributed by atoms with Gasteiger partial charge < -0.3 is 14.0 Å². The van der Waals surface area contributed by atoms with Crippen LogP contribution in [0.2, 0.25) is 0 Å². The molecule has 0 saturated heterocycles. The van der Waals surface area contributed by atoms with E-state index in [1.165, 1.54) is 168 Å². The zero-order chi connectivity index (χ0) is 39.0. The van der Waals surface area contributed by atoms with Crippen LogP contribution in [0.1, 0.15) is 194 Å². The van der Waals surface area contributed by atoms with Gasteiger partial charge in [0.25, 0.3) is 0 Å². The van der Waals surface area contributed by atoms with Gasteiger partial charge in [0.15, 0.2) is 0 Å². The van der Waals surface area contributed by atoms with Crippen molar-refractivity contribution in [2.24, 2.45) is 0 Å². The highest BCUT2D eigenvalue weighted by molar-refractivity contribution is 7.48. The number of hydrogen-bond acceptors (Lipinski definition) is 6. The molecule has 2 unspecified atom stereocenters. The number of phosphoric ester groups is 1. The number of phosphoric acid groups is 1. The molecule has 0 spiro atoms. The molecule has 0 aliphatic rings. The van der Waals surface area contributed by atoms with Gasteiger partial charge in [0, 0.05) is 20.3 Å². The molecule has 0 aliphatic heterocycles. The molecule has 0 heterocycles. The van der Waals surface area contributed by atoms with E-state index in [9.17, 15) is 4.57 Å². The number of rotatable bonds is 43. The lowest BCUT2D eigenvalue weighted by molar-refractivity contribution is -0.870. The van der Waals surface area contributed by atoms with E-state index in [4.69, 9.17) is 23.0 Å². The average molecular weight is 773 g/mol. The Morgan fingerprint density at radius 2 is 0.887 bits per heavy atom. The van der Waals surface area contributed by atoms with Crippen molar-refractivity contribution in [3.63, 3.8) is 0 Å². The monoisotopic (exact) mass is 773 g/mol. The Bertz CT molecular complexity index is 845. The summed E-state index contributed by atoms with van der Waals surface area (Å²) in [6.07, 6.45) is 45.3. The summed E-state index contributed by atoms with van der Waals surface area (Å²) in [5.41, 5.74) is 0. The van der Waals surface area contributed by atoms with Gasteiger partial charge in [-0.05, 0) is 64.2 Å². The second kappa shape index (κ2) is 39.7. The summed E-state index contributed by atoms with van der Waals surface area (Å²) >= 11 is 0. The van der Waals surface area contributed by atoms with Crippen LogP contribution in [0.3, 0.4) is 0 Å². The van der Waals surface area contributed by atoms with Gasteiger partial charge >= 0.3 is 7.82 Å². The highest BCUT2D eigenvalue weighted by Crippen LogP contribution is 2.48. The Labute approximate surface area is 331 Å². The summed E-state index contributed by atoms with van der Waals surface area (Å²) in [5.74, 6) is 0. The van der Waals surface area contributed by atoms with Gasteiger partial charge in [-0.15, -0.1) is 0 Å². The molecule has 0 fully saturated rings. The van der Waals surface area contributed by atoms with Crippen LogP contribution in [0.4, 0.5) is 0 Å². The lowest BCUT2D eigenvalue weighted by Crippen LogP contribution is -2.37. The molecule has 8 heteroatoms.